The van der Waals surface area contributed by atoms with Gasteiger partial charge in [-0.3, -0.25) is 4.79 Å². The molecule has 1 N–H and O–H groups in total. The molecule has 2 nitrogen and oxygen atoms in total. The van der Waals surface area contributed by atoms with Gasteiger partial charge in [0.2, 0.25) is 0 Å². The summed E-state index contributed by atoms with van der Waals surface area (Å²) in [6.07, 6.45) is 4.93. The second kappa shape index (κ2) is 7.10. The van der Waals surface area contributed by atoms with Gasteiger partial charge in [0.1, 0.15) is 5.78 Å². The Balaban J connectivity index is 3.74. The van der Waals surface area contributed by atoms with Crippen LogP contribution in [0.15, 0.2) is 12.2 Å². The maximum Gasteiger partial charge on any atom is 0.132 e. The van der Waals surface area contributed by atoms with Crippen LogP contribution in [0.1, 0.15) is 33.1 Å². The number of hydrogen-bond acceptors (Lipinski definition) is 2. The summed E-state index contributed by atoms with van der Waals surface area (Å²) in [4.78, 5) is 10.7. The van der Waals surface area contributed by atoms with Crippen LogP contribution in [0.3, 0.4) is 0 Å². The zero-order valence-electron chi connectivity index (χ0n) is 8.16. The topological polar surface area (TPSA) is 37.3 Å². The van der Waals surface area contributed by atoms with E-state index in [1.54, 1.807) is 0 Å². The van der Waals surface area contributed by atoms with Gasteiger partial charge in [0.25, 0.3) is 0 Å². The van der Waals surface area contributed by atoms with Crippen molar-refractivity contribution in [1.82, 2.24) is 0 Å². The maximum absolute atomic E-state index is 10.7. The normalized spacial score (nSPS) is 16.0. The predicted octanol–water partition coefficient (Wildman–Crippen LogP) is 2.29. The van der Waals surface area contributed by atoms with E-state index < -0.39 is 6.10 Å². The molecule has 0 spiro atoms. The summed E-state index contributed by atoms with van der Waals surface area (Å²) in [6, 6.07) is 0. The van der Waals surface area contributed by atoms with Crippen molar-refractivity contribution < 1.29 is 9.90 Å². The maximum atomic E-state index is 10.7. The fraction of sp³-hybridized carbons (Fsp3) is 0.700. The Morgan fingerprint density at radius 1 is 1.54 bits per heavy atom. The molecule has 0 saturated heterocycles. The molecule has 2 atom stereocenters. The number of carbonyl (C=O) groups is 1. The quantitative estimate of drug-likeness (QED) is 0.533. The SMILES string of the molecule is CC/C=C\C[C@@H](Cl)[C@@H](O)CC(C)=O. The molecule has 0 aliphatic rings. The summed E-state index contributed by atoms with van der Waals surface area (Å²) in [6.45, 7) is 3.49. The predicted molar refractivity (Wildman–Crippen MR) is 55.0 cm³/mol. The molecular weight excluding hydrogens is 188 g/mol. The summed E-state index contributed by atoms with van der Waals surface area (Å²) < 4.78 is 0. The number of allylic oxidation sites excluding steroid dienone is 2. The van der Waals surface area contributed by atoms with Crippen molar-refractivity contribution in [3.8, 4) is 0 Å². The summed E-state index contributed by atoms with van der Waals surface area (Å²) in [5.41, 5.74) is 0. The molecular formula is C10H17ClO2. The number of ketones is 1. The van der Waals surface area contributed by atoms with Crippen LogP contribution in [0.4, 0.5) is 0 Å². The Hall–Kier alpha value is -0.340. The van der Waals surface area contributed by atoms with Gasteiger partial charge in [0.05, 0.1) is 11.5 Å². The highest BCUT2D eigenvalue weighted by Crippen LogP contribution is 2.12. The second-order valence-electron chi connectivity index (χ2n) is 3.10. The van der Waals surface area contributed by atoms with E-state index in [9.17, 15) is 9.90 Å². The van der Waals surface area contributed by atoms with Crippen LogP contribution in [0.25, 0.3) is 0 Å². The van der Waals surface area contributed by atoms with E-state index in [1.165, 1.54) is 6.92 Å². The first-order chi connectivity index (χ1) is 6.07. The molecule has 0 amide bonds. The summed E-state index contributed by atoms with van der Waals surface area (Å²) >= 11 is 5.86. The van der Waals surface area contributed by atoms with Crippen molar-refractivity contribution in [2.24, 2.45) is 0 Å². The number of aliphatic hydroxyl groups is 1. The number of hydrogen-bond donors (Lipinski definition) is 1. The lowest BCUT2D eigenvalue weighted by molar-refractivity contribution is -0.118. The standard InChI is InChI=1S/C10H17ClO2/c1-3-4-5-6-9(11)10(13)7-8(2)12/h4-5,9-10,13H,3,6-7H2,1-2H3/b5-4-/t9-,10+/m1/s1. The lowest BCUT2D eigenvalue weighted by Gasteiger charge is -2.13. The first kappa shape index (κ1) is 12.7. The molecule has 0 fully saturated rings. The highest BCUT2D eigenvalue weighted by molar-refractivity contribution is 6.21. The van der Waals surface area contributed by atoms with Gasteiger partial charge >= 0.3 is 0 Å². The Morgan fingerprint density at radius 3 is 2.62 bits per heavy atom. The van der Waals surface area contributed by atoms with Crippen molar-refractivity contribution >= 4 is 17.4 Å². The zero-order valence-corrected chi connectivity index (χ0v) is 8.92. The van der Waals surface area contributed by atoms with Crippen LogP contribution in [-0.4, -0.2) is 22.4 Å². The molecule has 0 aliphatic carbocycles. The average Bonchev–Trinajstić information content (AvgIpc) is 2.03. The minimum atomic E-state index is -0.722. The highest BCUT2D eigenvalue weighted by Gasteiger charge is 2.16. The Bertz CT molecular complexity index is 178. The summed E-state index contributed by atoms with van der Waals surface area (Å²) in [7, 11) is 0. The lowest BCUT2D eigenvalue weighted by atomic mass is 10.1. The highest BCUT2D eigenvalue weighted by atomic mass is 35.5. The third-order valence-electron chi connectivity index (χ3n) is 1.68. The van der Waals surface area contributed by atoms with Crippen LogP contribution in [0, 0.1) is 0 Å². The number of Topliss-reactive ketones (excluding diaryl/α,β-unsaturated/α-hetero) is 1. The van der Waals surface area contributed by atoms with E-state index in [0.29, 0.717) is 6.42 Å². The first-order valence-electron chi connectivity index (χ1n) is 4.54. The smallest absolute Gasteiger partial charge is 0.132 e. The van der Waals surface area contributed by atoms with Crippen molar-refractivity contribution in [1.29, 1.82) is 0 Å². The van der Waals surface area contributed by atoms with Gasteiger partial charge in [0.15, 0.2) is 0 Å². The van der Waals surface area contributed by atoms with Crippen LogP contribution >= 0.6 is 11.6 Å². The van der Waals surface area contributed by atoms with Crippen LogP contribution < -0.4 is 0 Å². The van der Waals surface area contributed by atoms with Crippen molar-refractivity contribution in [3.63, 3.8) is 0 Å². The van der Waals surface area contributed by atoms with E-state index in [-0.39, 0.29) is 17.6 Å². The molecule has 0 aromatic rings. The van der Waals surface area contributed by atoms with Crippen LogP contribution in [-0.2, 0) is 4.79 Å². The lowest BCUT2D eigenvalue weighted by Crippen LogP contribution is -2.22. The third kappa shape index (κ3) is 6.79. The zero-order chi connectivity index (χ0) is 10.3. The number of rotatable bonds is 6. The fourth-order valence-corrected chi connectivity index (χ4v) is 1.16. The molecule has 0 rings (SSSR count). The van der Waals surface area contributed by atoms with Crippen molar-refractivity contribution in [3.05, 3.63) is 12.2 Å². The third-order valence-corrected chi connectivity index (χ3v) is 2.15. The molecule has 3 heteroatoms. The number of halogens is 1. The molecule has 0 aromatic heterocycles. The van der Waals surface area contributed by atoms with Crippen molar-refractivity contribution in [2.75, 3.05) is 0 Å². The molecule has 13 heavy (non-hydrogen) atoms. The molecule has 0 unspecified atom stereocenters. The van der Waals surface area contributed by atoms with E-state index in [2.05, 4.69) is 0 Å². The fourth-order valence-electron chi connectivity index (χ4n) is 0.972. The van der Waals surface area contributed by atoms with E-state index >= 15 is 0 Å². The minimum absolute atomic E-state index is 0.0300. The van der Waals surface area contributed by atoms with Crippen LogP contribution in [0.5, 0.6) is 0 Å². The molecule has 0 aromatic carbocycles. The van der Waals surface area contributed by atoms with Gasteiger partial charge in [-0.1, -0.05) is 19.1 Å². The van der Waals surface area contributed by atoms with Gasteiger partial charge in [-0.15, -0.1) is 11.6 Å². The minimum Gasteiger partial charge on any atom is -0.391 e. The number of alkyl halides is 1. The molecule has 0 radical (unpaired) electrons. The van der Waals surface area contributed by atoms with Gasteiger partial charge in [-0.2, -0.15) is 0 Å². The molecule has 0 heterocycles. The first-order valence-corrected chi connectivity index (χ1v) is 4.98. The summed E-state index contributed by atoms with van der Waals surface area (Å²) in [5.74, 6) is -0.0300. The van der Waals surface area contributed by atoms with Gasteiger partial charge in [-0.05, 0) is 19.8 Å². The molecule has 0 aliphatic heterocycles. The molecule has 0 saturated carbocycles. The Labute approximate surface area is 84.6 Å². The van der Waals surface area contributed by atoms with Crippen molar-refractivity contribution in [2.45, 2.75) is 44.6 Å². The Morgan fingerprint density at radius 2 is 2.15 bits per heavy atom. The second-order valence-corrected chi connectivity index (χ2v) is 3.67. The molecule has 76 valence electrons. The van der Waals surface area contributed by atoms with E-state index in [0.717, 1.165) is 6.42 Å². The monoisotopic (exact) mass is 204 g/mol. The Kier molecular flexibility index (Phi) is 6.92. The van der Waals surface area contributed by atoms with E-state index in [4.69, 9.17) is 11.6 Å². The van der Waals surface area contributed by atoms with Gasteiger partial charge < -0.3 is 5.11 Å². The average molecular weight is 205 g/mol. The van der Waals surface area contributed by atoms with Crippen LogP contribution in [0.2, 0.25) is 0 Å². The largest absolute Gasteiger partial charge is 0.391 e. The van der Waals surface area contributed by atoms with E-state index in [1.807, 2.05) is 19.1 Å². The number of carbonyl (C=O) groups excluding carboxylic acids is 1. The molecule has 0 bridgehead atoms. The summed E-state index contributed by atoms with van der Waals surface area (Å²) in [5, 5.41) is 9.05. The van der Waals surface area contributed by atoms with Gasteiger partial charge in [0, 0.05) is 6.42 Å². The number of aliphatic hydroxyl groups excluding tert-OH is 1. The van der Waals surface area contributed by atoms with Gasteiger partial charge in [-0.25, -0.2) is 0 Å².